The molecule has 2 amide bonds. The first kappa shape index (κ1) is 30.3. The lowest BCUT2D eigenvalue weighted by atomic mass is 10.1. The van der Waals surface area contributed by atoms with E-state index >= 15 is 0 Å². The van der Waals surface area contributed by atoms with Crippen molar-refractivity contribution in [2.45, 2.75) is 52.4 Å². The quantitative estimate of drug-likeness (QED) is 0.174. The summed E-state index contributed by atoms with van der Waals surface area (Å²) in [5.74, 6) is -0.272. The zero-order valence-corrected chi connectivity index (χ0v) is 23.0. The van der Waals surface area contributed by atoms with Gasteiger partial charge in [0.1, 0.15) is 11.5 Å². The second kappa shape index (κ2) is 14.8. The Kier molecular flexibility index (Phi) is 11.2. The van der Waals surface area contributed by atoms with Gasteiger partial charge in [-0.05, 0) is 25.0 Å². The van der Waals surface area contributed by atoms with Crippen molar-refractivity contribution >= 4 is 23.2 Å². The van der Waals surface area contributed by atoms with E-state index in [4.69, 9.17) is 9.47 Å². The third-order valence-corrected chi connectivity index (χ3v) is 6.67. The van der Waals surface area contributed by atoms with E-state index in [-0.39, 0.29) is 60.2 Å². The van der Waals surface area contributed by atoms with Crippen molar-refractivity contribution in [1.29, 1.82) is 0 Å². The summed E-state index contributed by atoms with van der Waals surface area (Å²) < 4.78 is 11.6. The van der Waals surface area contributed by atoms with E-state index in [9.17, 15) is 29.8 Å². The SMILES string of the molecule is CCCCCOc1ccc([N+](=O)[O-])cc1C(=O)N1CCN(C(=O)c2cc([N+](=O)[O-])ccc2OCCCCC)CC1. The average Bonchev–Trinajstić information content (AvgIpc) is 2.96. The van der Waals surface area contributed by atoms with Crippen LogP contribution in [-0.4, -0.2) is 70.9 Å². The number of non-ortho nitro benzene ring substituents is 2. The van der Waals surface area contributed by atoms with E-state index in [1.165, 1.54) is 46.2 Å². The first-order valence-electron chi connectivity index (χ1n) is 13.7. The highest BCUT2D eigenvalue weighted by atomic mass is 16.6. The molecule has 1 heterocycles. The Morgan fingerprint density at radius 1 is 0.700 bits per heavy atom. The lowest BCUT2D eigenvalue weighted by molar-refractivity contribution is -0.385. The van der Waals surface area contributed by atoms with E-state index in [0.717, 1.165) is 38.5 Å². The summed E-state index contributed by atoms with van der Waals surface area (Å²) in [5, 5.41) is 22.7. The zero-order valence-electron chi connectivity index (χ0n) is 23.0. The summed E-state index contributed by atoms with van der Waals surface area (Å²) >= 11 is 0. The van der Waals surface area contributed by atoms with Crippen LogP contribution in [0.1, 0.15) is 73.1 Å². The Hall–Kier alpha value is -4.22. The Morgan fingerprint density at radius 2 is 1.07 bits per heavy atom. The summed E-state index contributed by atoms with van der Waals surface area (Å²) in [6, 6.07) is 7.95. The van der Waals surface area contributed by atoms with Crippen molar-refractivity contribution < 1.29 is 28.9 Å². The molecule has 1 aliphatic rings. The molecule has 0 saturated carbocycles. The highest BCUT2D eigenvalue weighted by Crippen LogP contribution is 2.28. The van der Waals surface area contributed by atoms with Crippen molar-refractivity contribution in [3.63, 3.8) is 0 Å². The summed E-state index contributed by atoms with van der Waals surface area (Å²) in [6.07, 6.45) is 5.51. The van der Waals surface area contributed by atoms with Crippen molar-refractivity contribution in [1.82, 2.24) is 9.80 Å². The summed E-state index contributed by atoms with van der Waals surface area (Å²) in [5.41, 5.74) is -0.218. The number of carbonyl (C=O) groups is 2. The molecular weight excluding hydrogens is 520 g/mol. The highest BCUT2D eigenvalue weighted by Gasteiger charge is 2.30. The standard InChI is InChI=1S/C28H36N4O8/c1-3-5-7-17-39-25-11-9-21(31(35)36)19-23(25)27(33)29-13-15-30(16-14-29)28(34)24-20-22(32(37)38)10-12-26(24)40-18-8-6-4-2/h9-12,19-20H,3-8,13-18H2,1-2H3. The van der Waals surface area contributed by atoms with Gasteiger partial charge in [0.05, 0.1) is 34.2 Å². The number of nitro groups is 2. The van der Waals surface area contributed by atoms with Crippen LogP contribution in [0.25, 0.3) is 0 Å². The van der Waals surface area contributed by atoms with E-state index in [1.54, 1.807) is 0 Å². The van der Waals surface area contributed by atoms with Gasteiger partial charge in [-0.25, -0.2) is 0 Å². The number of benzene rings is 2. The predicted molar refractivity (Wildman–Crippen MR) is 148 cm³/mol. The van der Waals surface area contributed by atoms with Gasteiger partial charge in [0.25, 0.3) is 23.2 Å². The third-order valence-electron chi connectivity index (χ3n) is 6.67. The number of rotatable bonds is 14. The van der Waals surface area contributed by atoms with Gasteiger partial charge in [-0.2, -0.15) is 0 Å². The van der Waals surface area contributed by atoms with Crippen LogP contribution in [0.3, 0.4) is 0 Å². The normalized spacial score (nSPS) is 13.2. The van der Waals surface area contributed by atoms with Crippen LogP contribution >= 0.6 is 0 Å². The van der Waals surface area contributed by atoms with Crippen LogP contribution in [0.2, 0.25) is 0 Å². The molecule has 216 valence electrons. The van der Waals surface area contributed by atoms with Crippen LogP contribution in [0.4, 0.5) is 11.4 Å². The Morgan fingerprint density at radius 3 is 1.40 bits per heavy atom. The molecule has 40 heavy (non-hydrogen) atoms. The minimum atomic E-state index is -0.560. The number of unbranched alkanes of at least 4 members (excludes halogenated alkanes) is 4. The minimum Gasteiger partial charge on any atom is -0.493 e. The first-order valence-corrected chi connectivity index (χ1v) is 13.7. The van der Waals surface area contributed by atoms with E-state index in [1.807, 2.05) is 0 Å². The molecule has 0 aromatic heterocycles. The lowest BCUT2D eigenvalue weighted by Gasteiger charge is -2.35. The number of nitrogens with zero attached hydrogens (tertiary/aromatic N) is 4. The molecule has 0 bridgehead atoms. The number of hydrogen-bond donors (Lipinski definition) is 0. The van der Waals surface area contributed by atoms with E-state index < -0.39 is 21.7 Å². The highest BCUT2D eigenvalue weighted by molar-refractivity contribution is 5.99. The monoisotopic (exact) mass is 556 g/mol. The molecule has 2 aromatic carbocycles. The van der Waals surface area contributed by atoms with E-state index in [2.05, 4.69) is 13.8 Å². The van der Waals surface area contributed by atoms with Crippen molar-refractivity contribution in [3.05, 3.63) is 67.8 Å². The van der Waals surface area contributed by atoms with Crippen molar-refractivity contribution in [3.8, 4) is 11.5 Å². The van der Waals surface area contributed by atoms with E-state index in [0.29, 0.717) is 13.2 Å². The number of carbonyl (C=O) groups excluding carboxylic acids is 2. The predicted octanol–water partition coefficient (Wildman–Crippen LogP) is 5.24. The fraction of sp³-hybridized carbons (Fsp3) is 0.500. The van der Waals surface area contributed by atoms with Crippen LogP contribution in [0, 0.1) is 20.2 Å². The van der Waals surface area contributed by atoms with Gasteiger partial charge in [0.2, 0.25) is 0 Å². The van der Waals surface area contributed by atoms with Gasteiger partial charge in [0.15, 0.2) is 0 Å². The van der Waals surface area contributed by atoms with Crippen LogP contribution in [0.5, 0.6) is 11.5 Å². The maximum Gasteiger partial charge on any atom is 0.270 e. The van der Waals surface area contributed by atoms with Crippen molar-refractivity contribution in [2.24, 2.45) is 0 Å². The number of nitro benzene ring substituents is 2. The first-order chi connectivity index (χ1) is 19.3. The molecule has 0 atom stereocenters. The van der Waals surface area contributed by atoms with Gasteiger partial charge in [-0.1, -0.05) is 39.5 Å². The number of piperazine rings is 1. The molecule has 0 N–H and O–H groups in total. The fourth-order valence-electron chi connectivity index (χ4n) is 4.37. The van der Waals surface area contributed by atoms with Crippen LogP contribution in [-0.2, 0) is 0 Å². The van der Waals surface area contributed by atoms with Crippen LogP contribution < -0.4 is 9.47 Å². The van der Waals surface area contributed by atoms with Crippen LogP contribution in [0.15, 0.2) is 36.4 Å². The number of ether oxygens (including phenoxy) is 2. The Balaban J connectivity index is 1.73. The second-order valence-electron chi connectivity index (χ2n) is 9.57. The smallest absolute Gasteiger partial charge is 0.270 e. The molecule has 1 fully saturated rings. The molecule has 0 radical (unpaired) electrons. The van der Waals surface area contributed by atoms with Crippen molar-refractivity contribution in [2.75, 3.05) is 39.4 Å². The molecule has 12 nitrogen and oxygen atoms in total. The Labute approximate surface area is 233 Å². The summed E-state index contributed by atoms with van der Waals surface area (Å²) in [7, 11) is 0. The molecule has 1 aliphatic heterocycles. The largest absolute Gasteiger partial charge is 0.493 e. The molecular formula is C28H36N4O8. The van der Waals surface area contributed by atoms with Gasteiger partial charge >= 0.3 is 0 Å². The lowest BCUT2D eigenvalue weighted by Crippen LogP contribution is -2.50. The second-order valence-corrected chi connectivity index (χ2v) is 9.57. The molecule has 0 aliphatic carbocycles. The summed E-state index contributed by atoms with van der Waals surface area (Å²) in [4.78, 5) is 51.4. The molecule has 3 rings (SSSR count). The maximum absolute atomic E-state index is 13.4. The molecule has 1 saturated heterocycles. The molecule has 0 spiro atoms. The zero-order chi connectivity index (χ0) is 29.1. The van der Waals surface area contributed by atoms with Gasteiger partial charge in [-0.3, -0.25) is 29.8 Å². The third kappa shape index (κ3) is 7.90. The average molecular weight is 557 g/mol. The minimum absolute atomic E-state index is 0.104. The number of hydrogen-bond acceptors (Lipinski definition) is 8. The topological polar surface area (TPSA) is 145 Å². The van der Waals surface area contributed by atoms with Gasteiger partial charge in [-0.15, -0.1) is 0 Å². The fourth-order valence-corrected chi connectivity index (χ4v) is 4.37. The summed E-state index contributed by atoms with van der Waals surface area (Å²) in [6.45, 7) is 5.64. The molecule has 12 heteroatoms. The number of amides is 2. The molecule has 2 aromatic rings. The Bertz CT molecular complexity index is 1120. The van der Waals surface area contributed by atoms with Gasteiger partial charge < -0.3 is 19.3 Å². The molecule has 0 unspecified atom stereocenters. The maximum atomic E-state index is 13.4. The van der Waals surface area contributed by atoms with Gasteiger partial charge in [0, 0.05) is 50.4 Å².